The molecule has 8 nitrogen and oxygen atoms in total. The van der Waals surface area contributed by atoms with Crippen LogP contribution in [0.3, 0.4) is 0 Å². The first-order chi connectivity index (χ1) is 17.1. The smallest absolute Gasteiger partial charge is 0.257 e. The summed E-state index contributed by atoms with van der Waals surface area (Å²) in [7, 11) is 0. The molecule has 12 heteroatoms. The summed E-state index contributed by atoms with van der Waals surface area (Å²) in [6.07, 6.45) is 0.241. The highest BCUT2D eigenvalue weighted by atomic mass is 35.5. The van der Waals surface area contributed by atoms with Gasteiger partial charge in [-0.15, -0.1) is 0 Å². The summed E-state index contributed by atoms with van der Waals surface area (Å²) in [5.74, 6) is -4.16. The topological polar surface area (TPSA) is 94.3 Å². The van der Waals surface area contributed by atoms with E-state index in [2.05, 4.69) is 20.3 Å². The molecule has 1 saturated carbocycles. The Kier molecular flexibility index (Phi) is 5.67. The Labute approximate surface area is 209 Å². The molecule has 3 aliphatic rings. The van der Waals surface area contributed by atoms with Crippen molar-refractivity contribution in [2.24, 2.45) is 0 Å². The van der Waals surface area contributed by atoms with Gasteiger partial charge in [0.25, 0.3) is 5.92 Å². The van der Waals surface area contributed by atoms with Crippen LogP contribution in [-0.4, -0.2) is 61.7 Å². The van der Waals surface area contributed by atoms with Crippen molar-refractivity contribution in [2.75, 3.05) is 11.9 Å². The van der Waals surface area contributed by atoms with E-state index in [1.54, 1.807) is 10.6 Å². The summed E-state index contributed by atoms with van der Waals surface area (Å²) < 4.78 is 56.4. The van der Waals surface area contributed by atoms with Gasteiger partial charge in [-0.2, -0.15) is 0 Å². The highest BCUT2D eigenvalue weighted by Gasteiger charge is 2.51. The molecule has 3 fully saturated rings. The van der Waals surface area contributed by atoms with Gasteiger partial charge in [-0.05, 0) is 38.8 Å². The number of hydrogen-bond donors (Lipinski definition) is 2. The standard InChI is InChI=1S/C24H25ClF3N5O3/c1-10(2)33-17-6-11(5-15(26)19(17)31-21(33)13-3-4-24(13,27)28)18-14(25)8-29-23(32-18)30-16-7-12-9-35-22(36-12)20(16)34/h5-6,8,10,12-13,16,20,22,34H,3-4,7,9H2,1-2H3,(H,29,30,32)/t12-,13?,16+,20-,22+/m0/s1. The number of benzene rings is 1. The lowest BCUT2D eigenvalue weighted by atomic mass is 9.80. The van der Waals surface area contributed by atoms with E-state index in [0.29, 0.717) is 30.5 Å². The van der Waals surface area contributed by atoms with Gasteiger partial charge in [0.05, 0.1) is 47.1 Å². The fourth-order valence-electron chi connectivity index (χ4n) is 5.26. The molecule has 3 aromatic rings. The zero-order valence-corrected chi connectivity index (χ0v) is 20.3. The Hall–Kier alpha value is -2.47. The van der Waals surface area contributed by atoms with Gasteiger partial charge in [-0.1, -0.05) is 11.6 Å². The number of aliphatic hydroxyl groups is 1. The largest absolute Gasteiger partial charge is 0.386 e. The molecule has 4 heterocycles. The lowest BCUT2D eigenvalue weighted by Crippen LogP contribution is -2.48. The minimum Gasteiger partial charge on any atom is -0.386 e. The highest BCUT2D eigenvalue weighted by Crippen LogP contribution is 2.50. The van der Waals surface area contributed by atoms with Crippen LogP contribution in [0, 0.1) is 5.82 Å². The molecule has 192 valence electrons. The molecule has 5 atom stereocenters. The lowest BCUT2D eigenvalue weighted by molar-refractivity contribution is -0.156. The summed E-state index contributed by atoms with van der Waals surface area (Å²) in [4.78, 5) is 13.0. The van der Waals surface area contributed by atoms with Crippen molar-refractivity contribution in [1.29, 1.82) is 0 Å². The van der Waals surface area contributed by atoms with Crippen molar-refractivity contribution in [3.8, 4) is 11.3 Å². The number of nitrogens with one attached hydrogen (secondary N) is 1. The molecular formula is C24H25ClF3N5O3. The van der Waals surface area contributed by atoms with Gasteiger partial charge in [-0.3, -0.25) is 0 Å². The van der Waals surface area contributed by atoms with Crippen molar-refractivity contribution in [2.45, 2.75) is 75.5 Å². The van der Waals surface area contributed by atoms with Crippen molar-refractivity contribution in [1.82, 2.24) is 19.5 Å². The fourth-order valence-corrected chi connectivity index (χ4v) is 5.46. The monoisotopic (exact) mass is 523 g/mol. The average molecular weight is 524 g/mol. The lowest BCUT2D eigenvalue weighted by Gasteiger charge is -2.36. The predicted molar refractivity (Wildman–Crippen MR) is 126 cm³/mol. The van der Waals surface area contributed by atoms with Crippen LogP contribution in [0.15, 0.2) is 18.3 Å². The summed E-state index contributed by atoms with van der Waals surface area (Å²) in [6, 6.07) is 2.29. The number of ether oxygens (including phenoxy) is 2. The van der Waals surface area contributed by atoms with E-state index in [9.17, 15) is 13.9 Å². The van der Waals surface area contributed by atoms with Gasteiger partial charge < -0.3 is 24.5 Å². The Balaban J connectivity index is 1.39. The van der Waals surface area contributed by atoms with E-state index >= 15 is 4.39 Å². The normalized spacial score (nSPS) is 29.1. The number of nitrogens with zero attached hydrogens (tertiary/aromatic N) is 4. The van der Waals surface area contributed by atoms with Gasteiger partial charge in [0.2, 0.25) is 5.95 Å². The van der Waals surface area contributed by atoms with E-state index in [-0.39, 0.29) is 46.6 Å². The van der Waals surface area contributed by atoms with Crippen molar-refractivity contribution >= 4 is 28.6 Å². The molecule has 2 aromatic heterocycles. The summed E-state index contributed by atoms with van der Waals surface area (Å²) >= 11 is 6.40. The maximum absolute atomic E-state index is 15.3. The first kappa shape index (κ1) is 23.9. The van der Waals surface area contributed by atoms with Crippen LogP contribution in [0.5, 0.6) is 0 Å². The Morgan fingerprint density at radius 2 is 2.08 bits per heavy atom. The van der Waals surface area contributed by atoms with Gasteiger partial charge in [0, 0.05) is 18.0 Å². The fraction of sp³-hybridized carbons (Fsp3) is 0.542. The number of rotatable bonds is 5. The molecule has 0 radical (unpaired) electrons. The number of hydrogen-bond acceptors (Lipinski definition) is 7. The molecule has 1 aromatic carbocycles. The van der Waals surface area contributed by atoms with Crippen molar-refractivity contribution in [3.63, 3.8) is 0 Å². The third-order valence-corrected chi connectivity index (χ3v) is 7.47. The van der Waals surface area contributed by atoms with E-state index in [4.69, 9.17) is 21.1 Å². The minimum atomic E-state index is -2.86. The molecular weight excluding hydrogens is 499 g/mol. The highest BCUT2D eigenvalue weighted by molar-refractivity contribution is 6.33. The summed E-state index contributed by atoms with van der Waals surface area (Å²) in [5, 5.41) is 13.8. The van der Waals surface area contributed by atoms with Gasteiger partial charge >= 0.3 is 0 Å². The number of aliphatic hydroxyl groups excluding tert-OH is 1. The first-order valence-corrected chi connectivity index (χ1v) is 12.3. The Bertz CT molecular complexity index is 1340. The molecule has 0 amide bonds. The molecule has 0 spiro atoms. The van der Waals surface area contributed by atoms with Crippen LogP contribution < -0.4 is 5.32 Å². The number of anilines is 1. The molecule has 6 rings (SSSR count). The maximum atomic E-state index is 15.3. The third kappa shape index (κ3) is 3.84. The van der Waals surface area contributed by atoms with E-state index in [0.717, 1.165) is 0 Å². The third-order valence-electron chi connectivity index (χ3n) is 7.19. The molecule has 36 heavy (non-hydrogen) atoms. The molecule has 2 saturated heterocycles. The van der Waals surface area contributed by atoms with Crippen LogP contribution >= 0.6 is 11.6 Å². The van der Waals surface area contributed by atoms with Crippen molar-refractivity contribution in [3.05, 3.63) is 35.0 Å². The number of fused-ring (bicyclic) bond motifs is 3. The SMILES string of the molecule is CC(C)n1c(C2CCC2(F)F)nc2c(F)cc(-c3nc(N[C@@H]4C[C@H]5CO[C@H](O5)[C@H]4O)ncc3Cl)cc21. The predicted octanol–water partition coefficient (Wildman–Crippen LogP) is 4.67. The Morgan fingerprint density at radius 3 is 2.78 bits per heavy atom. The van der Waals surface area contributed by atoms with Crippen LogP contribution in [0.1, 0.15) is 50.9 Å². The minimum absolute atomic E-state index is 0.0366. The molecule has 2 N–H and O–H groups in total. The van der Waals surface area contributed by atoms with Gasteiger partial charge in [0.15, 0.2) is 12.1 Å². The van der Waals surface area contributed by atoms with Gasteiger partial charge in [0.1, 0.15) is 17.4 Å². The molecule has 2 bridgehead atoms. The number of aromatic nitrogens is 4. The van der Waals surface area contributed by atoms with Crippen LogP contribution in [-0.2, 0) is 9.47 Å². The number of imidazole rings is 1. The Morgan fingerprint density at radius 1 is 1.28 bits per heavy atom. The summed E-state index contributed by atoms with van der Waals surface area (Å²) in [5.41, 5.74) is 1.06. The first-order valence-electron chi connectivity index (χ1n) is 12.0. The van der Waals surface area contributed by atoms with E-state index < -0.39 is 36.1 Å². The quantitative estimate of drug-likeness (QED) is 0.502. The maximum Gasteiger partial charge on any atom is 0.257 e. The number of halogens is 4. The average Bonchev–Trinajstić information content (AvgIpc) is 3.40. The second kappa shape index (κ2) is 8.54. The second-order valence-electron chi connectivity index (χ2n) is 9.94. The van der Waals surface area contributed by atoms with Crippen LogP contribution in [0.2, 0.25) is 5.02 Å². The summed E-state index contributed by atoms with van der Waals surface area (Å²) in [6.45, 7) is 4.10. The van der Waals surface area contributed by atoms with Crippen molar-refractivity contribution < 1.29 is 27.8 Å². The second-order valence-corrected chi connectivity index (χ2v) is 10.3. The van der Waals surface area contributed by atoms with E-state index in [1.807, 2.05) is 13.8 Å². The number of alkyl halides is 2. The zero-order chi connectivity index (χ0) is 25.4. The molecule has 1 aliphatic carbocycles. The molecule has 1 unspecified atom stereocenters. The van der Waals surface area contributed by atoms with Crippen LogP contribution in [0.25, 0.3) is 22.3 Å². The van der Waals surface area contributed by atoms with E-state index in [1.165, 1.54) is 12.3 Å². The zero-order valence-electron chi connectivity index (χ0n) is 19.6. The molecule has 2 aliphatic heterocycles. The van der Waals surface area contributed by atoms with Gasteiger partial charge in [-0.25, -0.2) is 28.1 Å². The van der Waals surface area contributed by atoms with Crippen LogP contribution in [0.4, 0.5) is 19.1 Å².